The first-order chi connectivity index (χ1) is 13.8. The summed E-state index contributed by atoms with van der Waals surface area (Å²) in [6.07, 6.45) is 0. The summed E-state index contributed by atoms with van der Waals surface area (Å²) in [6, 6.07) is 8.04. The van der Waals surface area contributed by atoms with Crippen LogP contribution in [0.3, 0.4) is 0 Å². The fraction of sp³-hybridized carbons (Fsp3) is 0.316. The van der Waals surface area contributed by atoms with Crippen molar-refractivity contribution in [3.05, 3.63) is 51.0 Å². The van der Waals surface area contributed by atoms with E-state index in [1.54, 1.807) is 24.3 Å². The molecule has 0 radical (unpaired) electrons. The first-order valence-electron chi connectivity index (χ1n) is 8.45. The maximum absolute atomic E-state index is 12.9. The molecule has 0 aromatic heterocycles. The summed E-state index contributed by atoms with van der Waals surface area (Å²) in [5.41, 5.74) is -0.681. The predicted octanol–water partition coefficient (Wildman–Crippen LogP) is 3.43. The topological polar surface area (TPSA) is 100 Å². The smallest absolute Gasteiger partial charge is 0.327 e. The average Bonchev–Trinajstić information content (AvgIpc) is 2.72. The lowest BCUT2D eigenvalue weighted by Crippen LogP contribution is -2.31. The first kappa shape index (κ1) is 22.1. The van der Waals surface area contributed by atoms with Crippen LogP contribution in [-0.4, -0.2) is 57.3 Å². The van der Waals surface area contributed by atoms with Crippen LogP contribution in [0.5, 0.6) is 23.0 Å². The molecular weight excluding hydrogens is 404 g/mol. The Morgan fingerprint density at radius 1 is 1.10 bits per heavy atom. The number of benzene rings is 2. The minimum absolute atomic E-state index is 0.0342. The minimum atomic E-state index is -0.688. The Labute approximate surface area is 172 Å². The molecule has 0 bridgehead atoms. The monoisotopic (exact) mass is 424 g/mol. The lowest BCUT2D eigenvalue weighted by molar-refractivity contribution is -0.386. The summed E-state index contributed by atoms with van der Waals surface area (Å²) in [5.74, 6) is -0.00761. The van der Waals surface area contributed by atoms with Crippen LogP contribution >= 0.6 is 11.6 Å². The molecule has 0 heterocycles. The van der Waals surface area contributed by atoms with Crippen LogP contribution in [0.15, 0.2) is 30.3 Å². The quantitative estimate of drug-likeness (QED) is 0.449. The highest BCUT2D eigenvalue weighted by atomic mass is 35.5. The molecule has 2 aromatic carbocycles. The maximum atomic E-state index is 12.9. The van der Waals surface area contributed by atoms with Gasteiger partial charge in [0.2, 0.25) is 11.5 Å². The van der Waals surface area contributed by atoms with E-state index in [1.165, 1.54) is 39.3 Å². The molecule has 0 atom stereocenters. The van der Waals surface area contributed by atoms with E-state index in [1.807, 2.05) is 0 Å². The third-order valence-corrected chi connectivity index (χ3v) is 4.32. The van der Waals surface area contributed by atoms with E-state index in [0.717, 1.165) is 0 Å². The van der Waals surface area contributed by atoms with Crippen molar-refractivity contribution in [2.24, 2.45) is 0 Å². The molecule has 10 heteroatoms. The highest BCUT2D eigenvalue weighted by Crippen LogP contribution is 2.46. The van der Waals surface area contributed by atoms with Crippen LogP contribution in [-0.2, 0) is 0 Å². The Morgan fingerprint density at radius 2 is 1.72 bits per heavy atom. The number of carbonyl (C=O) groups excluding carboxylic acids is 1. The van der Waals surface area contributed by atoms with Crippen molar-refractivity contribution >= 4 is 23.2 Å². The molecule has 156 valence electrons. The lowest BCUT2D eigenvalue weighted by Gasteiger charge is -2.19. The van der Waals surface area contributed by atoms with Gasteiger partial charge in [-0.25, -0.2) is 0 Å². The molecule has 9 nitrogen and oxygen atoms in total. The number of hydrogen-bond acceptors (Lipinski definition) is 7. The van der Waals surface area contributed by atoms with Crippen LogP contribution in [0.4, 0.5) is 5.69 Å². The molecule has 2 rings (SSSR count). The number of ether oxygens (including phenoxy) is 4. The van der Waals surface area contributed by atoms with Gasteiger partial charge in [-0.2, -0.15) is 0 Å². The third kappa shape index (κ3) is 5.00. The fourth-order valence-electron chi connectivity index (χ4n) is 2.62. The van der Waals surface area contributed by atoms with Crippen molar-refractivity contribution in [3.63, 3.8) is 0 Å². The number of hydrogen-bond donors (Lipinski definition) is 0. The molecule has 0 saturated carbocycles. The van der Waals surface area contributed by atoms with E-state index >= 15 is 0 Å². The molecule has 2 aromatic rings. The number of likely N-dealkylation sites (N-methyl/N-ethyl adjacent to an activating group) is 1. The van der Waals surface area contributed by atoms with Crippen molar-refractivity contribution in [3.8, 4) is 23.0 Å². The van der Waals surface area contributed by atoms with E-state index in [0.29, 0.717) is 10.8 Å². The zero-order valence-electron chi connectivity index (χ0n) is 16.4. The second-order valence-electron chi connectivity index (χ2n) is 5.83. The average molecular weight is 425 g/mol. The van der Waals surface area contributed by atoms with Crippen molar-refractivity contribution in [1.29, 1.82) is 0 Å². The molecule has 0 aliphatic carbocycles. The molecule has 29 heavy (non-hydrogen) atoms. The first-order valence-corrected chi connectivity index (χ1v) is 8.83. The van der Waals surface area contributed by atoms with Gasteiger partial charge in [-0.15, -0.1) is 0 Å². The van der Waals surface area contributed by atoms with Gasteiger partial charge in [0.05, 0.1) is 32.8 Å². The molecule has 1 amide bonds. The highest BCUT2D eigenvalue weighted by Gasteiger charge is 2.33. The summed E-state index contributed by atoms with van der Waals surface area (Å²) >= 11 is 5.82. The Bertz CT molecular complexity index is 887. The SMILES string of the molecule is COc1cc(C(=O)N(C)CCOc2ccc(Cl)cc2)c([N+](=O)[O-])c(OC)c1OC. The van der Waals surface area contributed by atoms with E-state index < -0.39 is 16.5 Å². The largest absolute Gasteiger partial charge is 0.493 e. The van der Waals surface area contributed by atoms with Crippen molar-refractivity contribution < 1.29 is 28.7 Å². The Kier molecular flexibility index (Phi) is 7.49. The van der Waals surface area contributed by atoms with Gasteiger partial charge >= 0.3 is 5.69 Å². The number of carbonyl (C=O) groups is 1. The van der Waals surface area contributed by atoms with Gasteiger partial charge in [-0.3, -0.25) is 14.9 Å². The number of nitrogens with zero attached hydrogens (tertiary/aromatic N) is 2. The summed E-state index contributed by atoms with van der Waals surface area (Å²) in [6.45, 7) is 0.372. The zero-order valence-corrected chi connectivity index (χ0v) is 17.2. The standard InChI is InChI=1S/C19H21ClN2O7/c1-21(9-10-29-13-7-5-12(20)6-8-13)19(23)14-11-15(26-2)17(27-3)18(28-4)16(14)22(24)25/h5-8,11H,9-10H2,1-4H3. The van der Waals surface area contributed by atoms with Crippen LogP contribution in [0.25, 0.3) is 0 Å². The second kappa shape index (κ2) is 9.83. The molecule has 0 N–H and O–H groups in total. The molecule has 0 aliphatic heterocycles. The molecule has 0 saturated heterocycles. The lowest BCUT2D eigenvalue weighted by atomic mass is 10.1. The van der Waals surface area contributed by atoms with Crippen molar-refractivity contribution in [2.75, 3.05) is 41.5 Å². The number of methoxy groups -OCH3 is 3. The van der Waals surface area contributed by atoms with Gasteiger partial charge < -0.3 is 23.8 Å². The van der Waals surface area contributed by atoms with Crippen LogP contribution < -0.4 is 18.9 Å². The second-order valence-corrected chi connectivity index (χ2v) is 6.26. The zero-order chi connectivity index (χ0) is 21.6. The maximum Gasteiger partial charge on any atom is 0.327 e. The van der Waals surface area contributed by atoms with Crippen LogP contribution in [0, 0.1) is 10.1 Å². The molecule has 0 aliphatic rings. The number of nitro groups is 1. The molecule has 0 unspecified atom stereocenters. The number of rotatable bonds is 9. The van der Waals surface area contributed by atoms with Gasteiger partial charge in [0.15, 0.2) is 5.75 Å². The van der Waals surface area contributed by atoms with Crippen LogP contribution in [0.2, 0.25) is 5.02 Å². The van der Waals surface area contributed by atoms with Crippen molar-refractivity contribution in [1.82, 2.24) is 4.90 Å². The van der Waals surface area contributed by atoms with Crippen molar-refractivity contribution in [2.45, 2.75) is 0 Å². The van der Waals surface area contributed by atoms with Gasteiger partial charge in [0.1, 0.15) is 17.9 Å². The van der Waals surface area contributed by atoms with E-state index in [2.05, 4.69) is 0 Å². The van der Waals surface area contributed by atoms with E-state index in [-0.39, 0.29) is 36.0 Å². The number of halogens is 1. The predicted molar refractivity (Wildman–Crippen MR) is 107 cm³/mol. The molecule has 0 spiro atoms. The van der Waals surface area contributed by atoms with Crippen LogP contribution in [0.1, 0.15) is 10.4 Å². The number of amides is 1. The molecular formula is C19H21ClN2O7. The minimum Gasteiger partial charge on any atom is -0.493 e. The summed E-state index contributed by atoms with van der Waals surface area (Å²) in [5, 5.41) is 12.2. The fourth-order valence-corrected chi connectivity index (χ4v) is 2.75. The molecule has 0 fully saturated rings. The Hall–Kier alpha value is -3.20. The van der Waals surface area contributed by atoms with Gasteiger partial charge in [-0.1, -0.05) is 11.6 Å². The highest BCUT2D eigenvalue weighted by molar-refractivity contribution is 6.30. The van der Waals surface area contributed by atoms with E-state index in [9.17, 15) is 14.9 Å². The summed E-state index contributed by atoms with van der Waals surface area (Å²) in [7, 11) is 5.45. The number of nitro benzene ring substituents is 1. The van der Waals surface area contributed by atoms with Gasteiger partial charge in [-0.05, 0) is 24.3 Å². The Balaban J connectivity index is 2.25. The summed E-state index contributed by atoms with van der Waals surface area (Å²) in [4.78, 5) is 25.2. The van der Waals surface area contributed by atoms with Gasteiger partial charge in [0, 0.05) is 18.1 Å². The summed E-state index contributed by atoms with van der Waals surface area (Å²) < 4.78 is 21.1. The van der Waals surface area contributed by atoms with E-state index in [4.69, 9.17) is 30.5 Å². The third-order valence-electron chi connectivity index (χ3n) is 4.07. The Morgan fingerprint density at radius 3 is 2.24 bits per heavy atom. The normalized spacial score (nSPS) is 10.2. The van der Waals surface area contributed by atoms with Gasteiger partial charge in [0.25, 0.3) is 5.91 Å².